The monoisotopic (exact) mass is 927 g/mol. The van der Waals surface area contributed by atoms with Crippen LogP contribution >= 0.6 is 0 Å². The van der Waals surface area contributed by atoms with Crippen molar-refractivity contribution in [3.05, 3.63) is 60.8 Å². The quantitative estimate of drug-likeness (QED) is 0.0281. The molecule has 1 N–H and O–H groups in total. The smallest absolute Gasteiger partial charge is 0.362 e. The Morgan fingerprint density at radius 2 is 0.848 bits per heavy atom. The highest BCUT2D eigenvalue weighted by molar-refractivity contribution is 5.72. The zero-order chi connectivity index (χ0) is 48.4. The van der Waals surface area contributed by atoms with Crippen LogP contribution in [0.4, 0.5) is 0 Å². The molecule has 0 amide bonds. The number of aliphatic carboxylic acids is 1. The number of allylic oxidation sites excluding steroid dienone is 10. The maximum Gasteiger partial charge on any atom is 0.362 e. The van der Waals surface area contributed by atoms with E-state index in [1.807, 2.05) is 21.1 Å². The molecule has 0 saturated heterocycles. The Balaban J connectivity index is 4.21. The van der Waals surface area contributed by atoms with Gasteiger partial charge in [-0.1, -0.05) is 203 Å². The number of carboxylic acid groups (broad SMARTS) is 1. The molecular weight excluding hydrogens is 823 g/mol. The molecule has 8 heteroatoms. The lowest BCUT2D eigenvalue weighted by atomic mass is 10.0. The molecule has 0 radical (unpaired) electrons. The molecule has 0 aromatic carbocycles. The molecular formula is C58H104NO7+. The van der Waals surface area contributed by atoms with Gasteiger partial charge in [-0.2, -0.15) is 0 Å². The molecule has 2 unspecified atom stereocenters. The summed E-state index contributed by atoms with van der Waals surface area (Å²) in [6.07, 6.45) is 61.3. The van der Waals surface area contributed by atoms with Crippen molar-refractivity contribution in [1.29, 1.82) is 0 Å². The Labute approximate surface area is 407 Å². The largest absolute Gasteiger partial charge is 0.477 e. The zero-order valence-electron chi connectivity index (χ0n) is 43.6. The third-order valence-corrected chi connectivity index (χ3v) is 12.2. The van der Waals surface area contributed by atoms with Gasteiger partial charge in [0.05, 0.1) is 34.4 Å². The fourth-order valence-corrected chi connectivity index (χ4v) is 7.96. The molecule has 382 valence electrons. The molecule has 0 aliphatic carbocycles. The number of hydrogen-bond acceptors (Lipinski definition) is 6. The van der Waals surface area contributed by atoms with E-state index >= 15 is 0 Å². The Morgan fingerprint density at radius 3 is 1.27 bits per heavy atom. The fourth-order valence-electron chi connectivity index (χ4n) is 7.96. The summed E-state index contributed by atoms with van der Waals surface area (Å²) in [6, 6.07) is -0.620. The summed E-state index contributed by atoms with van der Waals surface area (Å²) < 4.78 is 17.4. The number of quaternary nitrogens is 1. The molecule has 0 bridgehead atoms. The van der Waals surface area contributed by atoms with Crippen LogP contribution in [0.5, 0.6) is 0 Å². The normalized spacial score (nSPS) is 13.3. The van der Waals surface area contributed by atoms with Crippen molar-refractivity contribution in [2.45, 2.75) is 251 Å². The van der Waals surface area contributed by atoms with E-state index in [1.54, 1.807) is 0 Å². The van der Waals surface area contributed by atoms with Crippen LogP contribution < -0.4 is 0 Å². The first-order chi connectivity index (χ1) is 32.1. The first-order valence-corrected chi connectivity index (χ1v) is 27.3. The van der Waals surface area contributed by atoms with Crippen molar-refractivity contribution in [3.63, 3.8) is 0 Å². The van der Waals surface area contributed by atoms with Gasteiger partial charge in [-0.3, -0.25) is 9.59 Å². The second-order valence-electron chi connectivity index (χ2n) is 19.5. The van der Waals surface area contributed by atoms with Crippen LogP contribution in [0.3, 0.4) is 0 Å². The van der Waals surface area contributed by atoms with Gasteiger partial charge in [0.2, 0.25) is 0 Å². The van der Waals surface area contributed by atoms with Crippen LogP contribution in [0.1, 0.15) is 239 Å². The highest BCUT2D eigenvalue weighted by Gasteiger charge is 2.31. The number of esters is 2. The minimum atomic E-state index is -0.877. The summed E-state index contributed by atoms with van der Waals surface area (Å²) in [7, 11) is 5.53. The van der Waals surface area contributed by atoms with E-state index in [9.17, 15) is 19.5 Å². The second kappa shape index (κ2) is 48.5. The van der Waals surface area contributed by atoms with Crippen molar-refractivity contribution in [2.75, 3.05) is 41.0 Å². The minimum absolute atomic E-state index is 0.0541. The summed E-state index contributed by atoms with van der Waals surface area (Å²) in [5.41, 5.74) is 0. The lowest BCUT2D eigenvalue weighted by Crippen LogP contribution is -2.50. The van der Waals surface area contributed by atoms with Gasteiger partial charge in [0, 0.05) is 19.3 Å². The predicted octanol–water partition coefficient (Wildman–Crippen LogP) is 16.1. The van der Waals surface area contributed by atoms with E-state index in [-0.39, 0.29) is 36.2 Å². The Hall–Kier alpha value is -2.97. The van der Waals surface area contributed by atoms with Crippen molar-refractivity contribution in [1.82, 2.24) is 0 Å². The van der Waals surface area contributed by atoms with Gasteiger partial charge in [0.25, 0.3) is 0 Å². The number of carbonyl (C=O) groups is 3. The molecule has 8 nitrogen and oxygen atoms in total. The van der Waals surface area contributed by atoms with E-state index < -0.39 is 18.1 Å². The Bertz CT molecular complexity index is 1260. The van der Waals surface area contributed by atoms with E-state index in [0.717, 1.165) is 77.0 Å². The standard InChI is InChI=1S/C58H103NO7/c1-6-8-10-12-14-16-18-20-22-24-26-27-28-29-31-32-34-36-38-40-42-44-46-48-56(60)65-53-54(52-64-51-50-55(58(62)63)59(3,4)5)66-57(61)49-47-45-43-41-39-37-35-33-30-25-23-21-19-17-15-13-11-9-7-2/h9,11,15,17,21,23-24,26,30,33,54-55H,6-8,10,12-14,16,18-20,22,25,27-29,31-32,34-53H2,1-5H3/p+1/b11-9-,17-15-,23-21-,26-24-,33-30-. The highest BCUT2D eigenvalue weighted by Crippen LogP contribution is 2.16. The highest BCUT2D eigenvalue weighted by atomic mass is 16.6. The molecule has 2 atom stereocenters. The molecule has 66 heavy (non-hydrogen) atoms. The molecule has 0 aromatic heterocycles. The van der Waals surface area contributed by atoms with E-state index in [1.165, 1.54) is 128 Å². The molecule has 0 spiro atoms. The molecule has 0 aromatic rings. The lowest BCUT2D eigenvalue weighted by Gasteiger charge is -2.31. The molecule has 0 rings (SSSR count). The Kier molecular flexibility index (Phi) is 46.3. The summed E-state index contributed by atoms with van der Waals surface area (Å²) in [6.45, 7) is 4.63. The fraction of sp³-hybridized carbons (Fsp3) is 0.776. The Morgan fingerprint density at radius 1 is 0.470 bits per heavy atom. The number of carboxylic acids is 1. The molecule has 0 aliphatic heterocycles. The topological polar surface area (TPSA) is 99.1 Å². The summed E-state index contributed by atoms with van der Waals surface area (Å²) >= 11 is 0. The van der Waals surface area contributed by atoms with Crippen LogP contribution in [-0.4, -0.2) is 80.6 Å². The van der Waals surface area contributed by atoms with Crippen LogP contribution in [0.2, 0.25) is 0 Å². The van der Waals surface area contributed by atoms with Crippen LogP contribution in [-0.2, 0) is 28.6 Å². The van der Waals surface area contributed by atoms with Gasteiger partial charge in [-0.25, -0.2) is 4.79 Å². The summed E-state index contributed by atoms with van der Waals surface area (Å²) in [5.74, 6) is -1.48. The SMILES string of the molecule is CC/C=C\C/C=C\C/C=C\C/C=C\CCCCCCCCC(=O)OC(COCCC(C(=O)O)[N+](C)(C)C)COC(=O)CCCCCCCCCCCCC/C=C\CCCCCCCCCC. The van der Waals surface area contributed by atoms with E-state index in [2.05, 4.69) is 74.6 Å². The summed E-state index contributed by atoms with van der Waals surface area (Å²) in [4.78, 5) is 37.2. The number of hydrogen-bond donors (Lipinski definition) is 1. The van der Waals surface area contributed by atoms with E-state index in [0.29, 0.717) is 19.3 Å². The van der Waals surface area contributed by atoms with Gasteiger partial charge in [0.1, 0.15) is 6.61 Å². The maximum atomic E-state index is 12.8. The van der Waals surface area contributed by atoms with Crippen LogP contribution in [0.25, 0.3) is 0 Å². The number of rotatable bonds is 49. The van der Waals surface area contributed by atoms with Gasteiger partial charge in [-0.15, -0.1) is 0 Å². The maximum absolute atomic E-state index is 12.8. The first kappa shape index (κ1) is 63.0. The lowest BCUT2D eigenvalue weighted by molar-refractivity contribution is -0.887. The van der Waals surface area contributed by atoms with Gasteiger partial charge in [-0.05, 0) is 77.0 Å². The molecule has 0 aliphatic rings. The third kappa shape index (κ3) is 46.2. The predicted molar refractivity (Wildman–Crippen MR) is 280 cm³/mol. The average molecular weight is 927 g/mol. The molecule has 0 heterocycles. The van der Waals surface area contributed by atoms with Crippen molar-refractivity contribution >= 4 is 17.9 Å². The van der Waals surface area contributed by atoms with Crippen molar-refractivity contribution in [2.24, 2.45) is 0 Å². The summed E-state index contributed by atoms with van der Waals surface area (Å²) in [5, 5.41) is 9.67. The van der Waals surface area contributed by atoms with Gasteiger partial charge >= 0.3 is 17.9 Å². The molecule has 0 saturated carbocycles. The van der Waals surface area contributed by atoms with Crippen molar-refractivity contribution < 1.29 is 38.2 Å². The van der Waals surface area contributed by atoms with Gasteiger partial charge in [0.15, 0.2) is 12.1 Å². The molecule has 0 fully saturated rings. The number of ether oxygens (including phenoxy) is 3. The average Bonchev–Trinajstić information content (AvgIpc) is 3.28. The van der Waals surface area contributed by atoms with Crippen LogP contribution in [0.15, 0.2) is 60.8 Å². The second-order valence-corrected chi connectivity index (χ2v) is 19.5. The van der Waals surface area contributed by atoms with Crippen LogP contribution in [0, 0.1) is 0 Å². The number of unbranched alkanes of at least 4 members (excludes halogenated alkanes) is 25. The zero-order valence-corrected chi connectivity index (χ0v) is 43.6. The third-order valence-electron chi connectivity index (χ3n) is 12.2. The first-order valence-electron chi connectivity index (χ1n) is 27.3. The number of nitrogens with zero attached hydrogens (tertiary/aromatic N) is 1. The van der Waals surface area contributed by atoms with Crippen molar-refractivity contribution in [3.8, 4) is 0 Å². The van der Waals surface area contributed by atoms with E-state index in [4.69, 9.17) is 14.2 Å². The van der Waals surface area contributed by atoms with Gasteiger partial charge < -0.3 is 23.8 Å². The number of likely N-dealkylation sites (N-methyl/N-ethyl adjacent to an activating group) is 1. The minimum Gasteiger partial charge on any atom is -0.477 e. The number of carbonyl (C=O) groups excluding carboxylic acids is 2.